The lowest BCUT2D eigenvalue weighted by molar-refractivity contribution is -0.113. The molecular weight excluding hydrogens is 453 g/mol. The number of carbonyl (C=O) groups excluding carboxylic acids is 1. The number of aromatic nitrogens is 5. The van der Waals surface area contributed by atoms with Gasteiger partial charge in [0.05, 0.1) is 17.5 Å². The number of carbonyl (C=O) groups is 1. The molecule has 4 heterocycles. The number of rotatable bonds is 6. The number of nitrogens with zero attached hydrogens (tertiary/aromatic N) is 5. The summed E-state index contributed by atoms with van der Waals surface area (Å²) < 4.78 is 15.7. The van der Waals surface area contributed by atoms with E-state index >= 15 is 0 Å². The number of nitrogens with one attached hydrogen (secondary N) is 2. The van der Waals surface area contributed by atoms with E-state index in [9.17, 15) is 9.18 Å². The molecule has 3 aromatic heterocycles. The Balaban J connectivity index is 1.48. The van der Waals surface area contributed by atoms with Crippen molar-refractivity contribution in [2.45, 2.75) is 23.9 Å². The van der Waals surface area contributed by atoms with E-state index in [4.69, 9.17) is 0 Å². The van der Waals surface area contributed by atoms with Crippen LogP contribution in [0.1, 0.15) is 24.1 Å². The summed E-state index contributed by atoms with van der Waals surface area (Å²) in [4.78, 5) is 26.2. The van der Waals surface area contributed by atoms with Crippen molar-refractivity contribution >= 4 is 29.3 Å². The molecule has 1 aliphatic rings. The number of allylic oxidation sites excluding steroid dienone is 1. The van der Waals surface area contributed by atoms with Crippen molar-refractivity contribution in [2.75, 3.05) is 10.6 Å². The number of anilines is 2. The highest BCUT2D eigenvalue weighted by atomic mass is 32.2. The number of pyridine rings is 2. The molecule has 10 heteroatoms. The first-order chi connectivity index (χ1) is 16.6. The monoisotopic (exact) mass is 473 g/mol. The van der Waals surface area contributed by atoms with Crippen LogP contribution in [0.4, 0.5) is 16.0 Å². The van der Waals surface area contributed by atoms with E-state index in [0.29, 0.717) is 39.4 Å². The fourth-order valence-corrected chi connectivity index (χ4v) is 4.54. The molecule has 1 amide bonds. The third-order valence-electron chi connectivity index (χ3n) is 5.31. The summed E-state index contributed by atoms with van der Waals surface area (Å²) in [5.41, 5.74) is 3.09. The van der Waals surface area contributed by atoms with Crippen molar-refractivity contribution in [1.82, 2.24) is 24.7 Å². The summed E-state index contributed by atoms with van der Waals surface area (Å²) in [5, 5.41) is 11.2. The van der Waals surface area contributed by atoms with Crippen molar-refractivity contribution in [2.24, 2.45) is 0 Å². The Morgan fingerprint density at radius 2 is 1.91 bits per heavy atom. The predicted molar refractivity (Wildman–Crippen MR) is 128 cm³/mol. The lowest BCUT2D eigenvalue weighted by atomic mass is 9.96. The minimum Gasteiger partial charge on any atom is -0.328 e. The summed E-state index contributed by atoms with van der Waals surface area (Å²) in [6, 6.07) is 13.3. The fraction of sp³-hybridized carbons (Fsp3) is 0.125. The second kappa shape index (κ2) is 9.44. The first kappa shape index (κ1) is 21.8. The van der Waals surface area contributed by atoms with Gasteiger partial charge in [-0.2, -0.15) is 4.98 Å². The molecule has 0 fully saturated rings. The molecule has 0 spiro atoms. The SMILES string of the molecule is CC1=C(C(=O)Nc2cccnc2)[C@H](c2cccnc2)n2nc(SCc3ccccc3F)nc2N1. The largest absolute Gasteiger partial charge is 0.328 e. The van der Waals surface area contributed by atoms with Crippen molar-refractivity contribution in [3.8, 4) is 0 Å². The predicted octanol–water partition coefficient (Wildman–Crippen LogP) is 4.43. The molecule has 0 saturated carbocycles. The Hall–Kier alpha value is -4.05. The average Bonchev–Trinajstić information content (AvgIpc) is 3.26. The lowest BCUT2D eigenvalue weighted by Gasteiger charge is -2.28. The van der Waals surface area contributed by atoms with Crippen molar-refractivity contribution < 1.29 is 9.18 Å². The first-order valence-electron chi connectivity index (χ1n) is 10.5. The number of benzene rings is 1. The lowest BCUT2D eigenvalue weighted by Crippen LogP contribution is -2.31. The number of fused-ring (bicyclic) bond motifs is 1. The van der Waals surface area contributed by atoms with Gasteiger partial charge in [-0.1, -0.05) is 36.0 Å². The highest BCUT2D eigenvalue weighted by Crippen LogP contribution is 2.36. The maximum Gasteiger partial charge on any atom is 0.255 e. The Kier molecular flexibility index (Phi) is 6.05. The van der Waals surface area contributed by atoms with E-state index in [2.05, 4.69) is 30.7 Å². The number of hydrogen-bond acceptors (Lipinski definition) is 7. The summed E-state index contributed by atoms with van der Waals surface area (Å²) in [5.74, 6) is 0.333. The van der Waals surface area contributed by atoms with Gasteiger partial charge in [-0.3, -0.25) is 14.8 Å². The quantitative estimate of drug-likeness (QED) is 0.400. The summed E-state index contributed by atoms with van der Waals surface area (Å²) in [6.07, 6.45) is 6.61. The second-order valence-corrected chi connectivity index (χ2v) is 8.53. The normalized spacial score (nSPS) is 14.9. The van der Waals surface area contributed by atoms with Crippen LogP contribution in [0.25, 0.3) is 0 Å². The van der Waals surface area contributed by atoms with Gasteiger partial charge in [-0.25, -0.2) is 9.07 Å². The van der Waals surface area contributed by atoms with Gasteiger partial charge in [-0.15, -0.1) is 5.10 Å². The van der Waals surface area contributed by atoms with Gasteiger partial charge >= 0.3 is 0 Å². The van der Waals surface area contributed by atoms with Crippen LogP contribution in [0.3, 0.4) is 0 Å². The molecule has 0 saturated heterocycles. The zero-order chi connectivity index (χ0) is 23.5. The summed E-state index contributed by atoms with van der Waals surface area (Å²) in [7, 11) is 0. The van der Waals surface area contributed by atoms with E-state index in [-0.39, 0.29) is 11.7 Å². The van der Waals surface area contributed by atoms with Crippen LogP contribution in [0, 0.1) is 5.82 Å². The average molecular weight is 474 g/mol. The first-order valence-corrected chi connectivity index (χ1v) is 11.5. The van der Waals surface area contributed by atoms with Crippen LogP contribution >= 0.6 is 11.8 Å². The highest BCUT2D eigenvalue weighted by Gasteiger charge is 2.34. The number of amides is 1. The Morgan fingerprint density at radius 3 is 2.65 bits per heavy atom. The molecule has 170 valence electrons. The molecule has 0 bridgehead atoms. The minimum absolute atomic E-state index is 0.266. The number of thioether (sulfide) groups is 1. The molecule has 5 rings (SSSR count). The molecule has 0 unspecified atom stereocenters. The van der Waals surface area contributed by atoms with Crippen molar-refractivity contribution in [1.29, 1.82) is 0 Å². The van der Waals surface area contributed by atoms with E-state index in [0.717, 1.165) is 5.56 Å². The van der Waals surface area contributed by atoms with Crippen LogP contribution in [0.2, 0.25) is 0 Å². The fourth-order valence-electron chi connectivity index (χ4n) is 3.73. The molecule has 0 radical (unpaired) electrons. The zero-order valence-corrected chi connectivity index (χ0v) is 19.0. The van der Waals surface area contributed by atoms with Gasteiger partial charge in [0.1, 0.15) is 11.9 Å². The van der Waals surface area contributed by atoms with Crippen LogP contribution in [-0.2, 0) is 10.5 Å². The van der Waals surface area contributed by atoms with E-state index in [1.54, 1.807) is 59.8 Å². The standard InChI is InChI=1S/C24H20FN7OS/c1-15-20(22(33)29-18-8-5-11-27-13-18)21(16-7-4-10-26-12-16)32-23(28-15)30-24(31-32)34-14-17-6-2-3-9-19(17)25/h2-13,21H,14H2,1H3,(H,29,33)(H,28,30,31)/t21-/m0/s1. The van der Waals surface area contributed by atoms with Gasteiger partial charge in [-0.05, 0) is 42.3 Å². The Bertz CT molecular complexity index is 1360. The molecule has 4 aromatic rings. The molecule has 1 aromatic carbocycles. The van der Waals surface area contributed by atoms with Gasteiger partial charge in [0.25, 0.3) is 5.91 Å². The summed E-state index contributed by atoms with van der Waals surface area (Å²) >= 11 is 1.33. The zero-order valence-electron chi connectivity index (χ0n) is 18.1. The van der Waals surface area contributed by atoms with Crippen LogP contribution in [0.15, 0.2) is 89.7 Å². The molecule has 1 atom stereocenters. The van der Waals surface area contributed by atoms with E-state index in [1.807, 2.05) is 19.1 Å². The molecule has 8 nitrogen and oxygen atoms in total. The summed E-state index contributed by atoms with van der Waals surface area (Å²) in [6.45, 7) is 1.83. The van der Waals surface area contributed by atoms with E-state index < -0.39 is 6.04 Å². The van der Waals surface area contributed by atoms with Crippen LogP contribution in [-0.4, -0.2) is 30.6 Å². The maximum atomic E-state index is 14.0. The third-order valence-corrected chi connectivity index (χ3v) is 6.20. The Labute approximate surface area is 199 Å². The molecule has 1 aliphatic heterocycles. The van der Waals surface area contributed by atoms with Gasteiger partial charge in [0.15, 0.2) is 0 Å². The van der Waals surface area contributed by atoms with Gasteiger partial charge in [0, 0.05) is 30.0 Å². The molecule has 34 heavy (non-hydrogen) atoms. The highest BCUT2D eigenvalue weighted by molar-refractivity contribution is 7.98. The second-order valence-electron chi connectivity index (χ2n) is 7.59. The van der Waals surface area contributed by atoms with Crippen LogP contribution < -0.4 is 10.6 Å². The van der Waals surface area contributed by atoms with Gasteiger partial charge in [0.2, 0.25) is 11.1 Å². The Morgan fingerprint density at radius 1 is 1.12 bits per heavy atom. The van der Waals surface area contributed by atoms with Crippen molar-refractivity contribution in [3.05, 3.63) is 102 Å². The van der Waals surface area contributed by atoms with Crippen molar-refractivity contribution in [3.63, 3.8) is 0 Å². The number of hydrogen-bond donors (Lipinski definition) is 2. The smallest absolute Gasteiger partial charge is 0.255 e. The van der Waals surface area contributed by atoms with E-state index in [1.165, 1.54) is 17.8 Å². The molecule has 0 aliphatic carbocycles. The molecule has 2 N–H and O–H groups in total. The van der Waals surface area contributed by atoms with Crippen LogP contribution in [0.5, 0.6) is 0 Å². The molecular formula is C24H20FN7OS. The topological polar surface area (TPSA) is 97.6 Å². The number of halogens is 1. The third kappa shape index (κ3) is 4.40. The van der Waals surface area contributed by atoms with Gasteiger partial charge < -0.3 is 10.6 Å². The maximum absolute atomic E-state index is 14.0. The minimum atomic E-state index is -0.545.